The van der Waals surface area contributed by atoms with Gasteiger partial charge in [-0.1, -0.05) is 17.7 Å². The van der Waals surface area contributed by atoms with Gasteiger partial charge in [0.15, 0.2) is 0 Å². The van der Waals surface area contributed by atoms with Crippen molar-refractivity contribution in [2.75, 3.05) is 31.1 Å². The number of carbonyl (C=O) groups excluding carboxylic acids is 1. The smallest absolute Gasteiger partial charge is 0.227 e. The number of amides is 1. The number of halogens is 3. The molecular formula is C16H19Cl2FN4O. The van der Waals surface area contributed by atoms with Crippen LogP contribution in [0, 0.1) is 5.82 Å². The molecule has 0 unspecified atom stereocenters. The van der Waals surface area contributed by atoms with Crippen LogP contribution in [0.25, 0.3) is 0 Å². The average molecular weight is 373 g/mol. The van der Waals surface area contributed by atoms with E-state index in [0.717, 1.165) is 5.95 Å². The Kier molecular flexibility index (Phi) is 6.07. The number of piperazine rings is 1. The Hall–Kier alpha value is -1.79. The summed E-state index contributed by atoms with van der Waals surface area (Å²) >= 11 is 5.99. The van der Waals surface area contributed by atoms with E-state index >= 15 is 0 Å². The number of aromatic nitrogens is 2. The molecule has 1 amide bonds. The fourth-order valence-corrected chi connectivity index (χ4v) is 3.01. The third-order valence-electron chi connectivity index (χ3n) is 4.10. The summed E-state index contributed by atoms with van der Waals surface area (Å²) in [6.45, 7) is 2.61. The van der Waals surface area contributed by atoms with Gasteiger partial charge in [-0.05, 0) is 12.1 Å². The molecule has 130 valence electrons. The Bertz CT molecular complexity index is 694. The first-order valence-corrected chi connectivity index (χ1v) is 7.87. The van der Waals surface area contributed by atoms with E-state index in [0.29, 0.717) is 31.2 Å². The normalized spacial score (nSPS) is 14.5. The number of imidazole rings is 1. The predicted molar refractivity (Wildman–Crippen MR) is 94.4 cm³/mol. The topological polar surface area (TPSA) is 41.4 Å². The Morgan fingerprint density at radius 3 is 2.58 bits per heavy atom. The summed E-state index contributed by atoms with van der Waals surface area (Å²) in [7, 11) is 1.94. The molecule has 0 spiro atoms. The standard InChI is InChI=1S/C16H18ClFN4O.ClH/c1-20-6-5-19-16(20)22-9-7-21(8-10-22)15(23)11-12-13(17)3-2-4-14(12)18;/h2-6H,7-11H2,1H3;1H. The summed E-state index contributed by atoms with van der Waals surface area (Å²) in [6, 6.07) is 4.47. The summed E-state index contributed by atoms with van der Waals surface area (Å²) in [5.41, 5.74) is 0.269. The summed E-state index contributed by atoms with van der Waals surface area (Å²) < 4.78 is 15.8. The van der Waals surface area contributed by atoms with E-state index in [1.807, 2.05) is 17.8 Å². The average Bonchev–Trinajstić information content (AvgIpc) is 2.97. The van der Waals surface area contributed by atoms with E-state index in [1.54, 1.807) is 17.2 Å². The van der Waals surface area contributed by atoms with Gasteiger partial charge in [0.25, 0.3) is 0 Å². The third kappa shape index (κ3) is 3.82. The van der Waals surface area contributed by atoms with Gasteiger partial charge in [0.05, 0.1) is 6.42 Å². The third-order valence-corrected chi connectivity index (χ3v) is 4.45. The maximum absolute atomic E-state index is 13.8. The molecule has 1 fully saturated rings. The van der Waals surface area contributed by atoms with Crippen LogP contribution in [0.1, 0.15) is 5.56 Å². The highest BCUT2D eigenvalue weighted by Crippen LogP contribution is 2.21. The molecule has 2 aromatic rings. The Labute approximate surface area is 151 Å². The highest BCUT2D eigenvalue weighted by atomic mass is 35.5. The van der Waals surface area contributed by atoms with Crippen molar-refractivity contribution in [1.29, 1.82) is 0 Å². The van der Waals surface area contributed by atoms with E-state index in [1.165, 1.54) is 12.1 Å². The molecular weight excluding hydrogens is 354 g/mol. The van der Waals surface area contributed by atoms with Gasteiger partial charge >= 0.3 is 0 Å². The van der Waals surface area contributed by atoms with Crippen molar-refractivity contribution in [3.63, 3.8) is 0 Å². The van der Waals surface area contributed by atoms with Crippen molar-refractivity contribution in [2.24, 2.45) is 7.05 Å². The lowest BCUT2D eigenvalue weighted by Crippen LogP contribution is -2.49. The van der Waals surface area contributed by atoms with Crippen LogP contribution in [-0.2, 0) is 18.3 Å². The van der Waals surface area contributed by atoms with Crippen LogP contribution in [0.15, 0.2) is 30.6 Å². The molecule has 5 nitrogen and oxygen atoms in total. The lowest BCUT2D eigenvalue weighted by Gasteiger charge is -2.35. The number of anilines is 1. The van der Waals surface area contributed by atoms with Crippen molar-refractivity contribution in [3.05, 3.63) is 47.0 Å². The fraction of sp³-hybridized carbons (Fsp3) is 0.375. The zero-order valence-electron chi connectivity index (χ0n) is 13.3. The van der Waals surface area contributed by atoms with Crippen molar-refractivity contribution >= 4 is 35.9 Å². The van der Waals surface area contributed by atoms with Gasteiger partial charge in [-0.3, -0.25) is 4.79 Å². The van der Waals surface area contributed by atoms with Gasteiger partial charge in [0.2, 0.25) is 11.9 Å². The second-order valence-corrected chi connectivity index (χ2v) is 5.99. The largest absolute Gasteiger partial charge is 0.339 e. The van der Waals surface area contributed by atoms with Crippen LogP contribution in [0.5, 0.6) is 0 Å². The first-order valence-electron chi connectivity index (χ1n) is 7.49. The molecule has 2 heterocycles. The molecule has 8 heteroatoms. The van der Waals surface area contributed by atoms with Crippen LogP contribution in [-0.4, -0.2) is 46.5 Å². The molecule has 0 atom stereocenters. The molecule has 0 aliphatic carbocycles. The number of carbonyl (C=O) groups is 1. The lowest BCUT2D eigenvalue weighted by molar-refractivity contribution is -0.130. The summed E-state index contributed by atoms with van der Waals surface area (Å²) in [4.78, 5) is 20.6. The minimum atomic E-state index is -0.433. The molecule has 1 aliphatic rings. The van der Waals surface area contributed by atoms with Crippen LogP contribution < -0.4 is 4.90 Å². The molecule has 0 N–H and O–H groups in total. The van der Waals surface area contributed by atoms with E-state index in [-0.39, 0.29) is 30.3 Å². The van der Waals surface area contributed by atoms with Crippen LogP contribution in [0.3, 0.4) is 0 Å². The minimum absolute atomic E-state index is 0. The highest BCUT2D eigenvalue weighted by molar-refractivity contribution is 6.31. The number of nitrogens with zero attached hydrogens (tertiary/aromatic N) is 4. The monoisotopic (exact) mass is 372 g/mol. The van der Waals surface area contributed by atoms with Crippen molar-refractivity contribution in [2.45, 2.75) is 6.42 Å². The quantitative estimate of drug-likeness (QED) is 0.831. The maximum Gasteiger partial charge on any atom is 0.227 e. The second kappa shape index (κ2) is 7.85. The van der Waals surface area contributed by atoms with Gasteiger partial charge in [-0.15, -0.1) is 12.4 Å². The Balaban J connectivity index is 0.00000208. The van der Waals surface area contributed by atoms with E-state index in [2.05, 4.69) is 9.88 Å². The molecule has 0 bridgehead atoms. The van der Waals surface area contributed by atoms with Gasteiger partial charge in [-0.25, -0.2) is 9.37 Å². The number of hydrogen-bond donors (Lipinski definition) is 0. The van der Waals surface area contributed by atoms with Gasteiger partial charge in [0, 0.05) is 56.2 Å². The number of hydrogen-bond acceptors (Lipinski definition) is 3. The van der Waals surface area contributed by atoms with Gasteiger partial charge < -0.3 is 14.4 Å². The molecule has 24 heavy (non-hydrogen) atoms. The van der Waals surface area contributed by atoms with Crippen LogP contribution in [0.2, 0.25) is 5.02 Å². The molecule has 3 rings (SSSR count). The Morgan fingerprint density at radius 2 is 2.00 bits per heavy atom. The van der Waals surface area contributed by atoms with E-state index in [4.69, 9.17) is 11.6 Å². The predicted octanol–water partition coefficient (Wildman–Crippen LogP) is 2.53. The highest BCUT2D eigenvalue weighted by Gasteiger charge is 2.24. The molecule has 0 radical (unpaired) electrons. The molecule has 1 saturated heterocycles. The maximum atomic E-state index is 13.8. The lowest BCUT2D eigenvalue weighted by atomic mass is 10.1. The molecule has 1 aromatic carbocycles. The number of aryl methyl sites for hydroxylation is 1. The number of benzene rings is 1. The first-order chi connectivity index (χ1) is 11.1. The molecule has 0 saturated carbocycles. The SMILES string of the molecule is Cl.Cn1ccnc1N1CCN(C(=O)Cc2c(F)cccc2Cl)CC1. The van der Waals surface area contributed by atoms with Crippen molar-refractivity contribution in [3.8, 4) is 0 Å². The van der Waals surface area contributed by atoms with E-state index in [9.17, 15) is 9.18 Å². The summed E-state index contributed by atoms with van der Waals surface area (Å²) in [6.07, 6.45) is 3.65. The first kappa shape index (κ1) is 18.5. The minimum Gasteiger partial charge on any atom is -0.339 e. The van der Waals surface area contributed by atoms with Gasteiger partial charge in [0.1, 0.15) is 5.82 Å². The van der Waals surface area contributed by atoms with E-state index < -0.39 is 5.82 Å². The second-order valence-electron chi connectivity index (χ2n) is 5.58. The zero-order chi connectivity index (χ0) is 16.4. The summed E-state index contributed by atoms with van der Waals surface area (Å²) in [5, 5.41) is 0.296. The van der Waals surface area contributed by atoms with Crippen LogP contribution >= 0.6 is 24.0 Å². The fourth-order valence-electron chi connectivity index (χ4n) is 2.78. The van der Waals surface area contributed by atoms with Crippen LogP contribution in [0.4, 0.5) is 10.3 Å². The van der Waals surface area contributed by atoms with Crippen molar-refractivity contribution < 1.29 is 9.18 Å². The van der Waals surface area contributed by atoms with Gasteiger partial charge in [-0.2, -0.15) is 0 Å². The zero-order valence-corrected chi connectivity index (χ0v) is 14.9. The molecule has 1 aliphatic heterocycles. The molecule has 1 aromatic heterocycles. The number of rotatable bonds is 3. The Morgan fingerprint density at radius 1 is 1.29 bits per heavy atom. The van der Waals surface area contributed by atoms with Crippen molar-refractivity contribution in [1.82, 2.24) is 14.5 Å². The summed E-state index contributed by atoms with van der Waals surface area (Å²) in [5.74, 6) is 0.364.